The van der Waals surface area contributed by atoms with Crippen LogP contribution in [0.4, 0.5) is 0 Å². The fourth-order valence-electron chi connectivity index (χ4n) is 0.433. The molecule has 0 N–H and O–H groups in total. The van der Waals surface area contributed by atoms with Gasteiger partial charge in [0.1, 0.15) is 0 Å². The zero-order valence-corrected chi connectivity index (χ0v) is 30.1. The van der Waals surface area contributed by atoms with Crippen LogP contribution in [0.1, 0.15) is 27.2 Å². The van der Waals surface area contributed by atoms with Crippen LogP contribution in [-0.2, 0) is 229 Å². The molecule has 0 nitrogen and oxygen atoms in total. The second kappa shape index (κ2) is 29.7. The van der Waals surface area contributed by atoms with E-state index in [9.17, 15) is 0 Å². The molecule has 0 rings (SSSR count). The average molecular weight is 735 g/mol. The van der Waals surface area contributed by atoms with E-state index in [0.29, 0.717) is 11.3 Å². The molecule has 7 radical (unpaired) electrons. The molecular weight excluding hydrogens is 718 g/mol. The Labute approximate surface area is 273 Å². The van der Waals surface area contributed by atoms with Crippen molar-refractivity contribution in [3.05, 3.63) is 13.8 Å². The van der Waals surface area contributed by atoms with Crippen molar-refractivity contribution in [2.24, 2.45) is 11.3 Å². The molecule has 71 valence electrons. The molecule has 0 bridgehead atoms. The smallest absolute Gasteiger partial charge is 0 e. The van der Waals surface area contributed by atoms with Crippen molar-refractivity contribution in [3.63, 3.8) is 0 Å². The Bertz CT molecular complexity index is 71.9. The van der Waals surface area contributed by atoms with Crippen LogP contribution in [-0.4, -0.2) is 0 Å². The molecule has 0 fully saturated rings. The molecular formula is C8H16Y7-2. The van der Waals surface area contributed by atoms with Gasteiger partial charge >= 0.3 is 0 Å². The zero-order chi connectivity index (χ0) is 6.78. The van der Waals surface area contributed by atoms with Gasteiger partial charge in [-0.1, -0.05) is 26.2 Å². The second-order valence-corrected chi connectivity index (χ2v) is 3.35. The van der Waals surface area contributed by atoms with Gasteiger partial charge in [0.05, 0.1) is 0 Å². The molecule has 0 aromatic carbocycles. The summed E-state index contributed by atoms with van der Waals surface area (Å²) in [5.41, 5.74) is 0.335. The Kier molecular flexibility index (Phi) is 98.0. The predicted molar refractivity (Wildman–Crippen MR) is 38.3 cm³/mol. The Morgan fingerprint density at radius 2 is 1.00 bits per heavy atom. The Morgan fingerprint density at radius 3 is 1.00 bits per heavy atom. The summed E-state index contributed by atoms with van der Waals surface area (Å²) in [6.45, 7) is 14.3. The minimum absolute atomic E-state index is 0. The summed E-state index contributed by atoms with van der Waals surface area (Å²) in [5.74, 6) is 0.488. The maximum Gasteiger partial charge on any atom is 0 e. The molecule has 1 unspecified atom stereocenters. The van der Waals surface area contributed by atoms with Crippen molar-refractivity contribution in [1.29, 1.82) is 0 Å². The van der Waals surface area contributed by atoms with Gasteiger partial charge in [-0.3, -0.25) is 0 Å². The van der Waals surface area contributed by atoms with Gasteiger partial charge in [-0.05, 0) is 0 Å². The van der Waals surface area contributed by atoms with Crippen LogP contribution in [0, 0.1) is 25.2 Å². The first-order valence-corrected chi connectivity index (χ1v) is 3.11. The van der Waals surface area contributed by atoms with Gasteiger partial charge in [0.2, 0.25) is 0 Å². The summed E-state index contributed by atoms with van der Waals surface area (Å²) in [7, 11) is 0. The van der Waals surface area contributed by atoms with Crippen molar-refractivity contribution in [2.45, 2.75) is 27.2 Å². The monoisotopic (exact) mass is 734 g/mol. The first kappa shape index (κ1) is 49.5. The Morgan fingerprint density at radius 1 is 0.800 bits per heavy atom. The fourth-order valence-corrected chi connectivity index (χ4v) is 0.433. The summed E-state index contributed by atoms with van der Waals surface area (Å²) < 4.78 is 0. The van der Waals surface area contributed by atoms with Gasteiger partial charge in [-0.15, -0.1) is 0 Å². The van der Waals surface area contributed by atoms with Crippen molar-refractivity contribution in [3.8, 4) is 0 Å². The zero-order valence-electron chi connectivity index (χ0n) is 10.2. The standard InChI is InChI=1S/C8H16.7Y/c1-6-7(2)8(3,4)5;;;;;;;/h7H,1-2,6H2,3-5H3;;;;;;;/q-2;;;;;;;. The van der Waals surface area contributed by atoms with E-state index < -0.39 is 0 Å². The molecule has 1 atom stereocenters. The van der Waals surface area contributed by atoms with E-state index in [1.165, 1.54) is 0 Å². The topological polar surface area (TPSA) is 0 Å². The SMILES string of the molecule is [CH2-]CC([CH2-])C(C)(C)C.[Y].[Y].[Y].[Y].[Y].[Y].[Y]. The minimum atomic E-state index is 0. The van der Waals surface area contributed by atoms with Crippen LogP contribution < -0.4 is 0 Å². The van der Waals surface area contributed by atoms with Crippen molar-refractivity contribution in [1.82, 2.24) is 0 Å². The summed E-state index contributed by atoms with van der Waals surface area (Å²) >= 11 is 0. The van der Waals surface area contributed by atoms with Gasteiger partial charge in [-0.2, -0.15) is 5.92 Å². The number of hydrogen-bond donors (Lipinski definition) is 0. The van der Waals surface area contributed by atoms with Gasteiger partial charge in [0.25, 0.3) is 0 Å². The van der Waals surface area contributed by atoms with E-state index in [1.807, 2.05) is 0 Å². The Hall–Kier alpha value is 7.73. The summed E-state index contributed by atoms with van der Waals surface area (Å²) in [5, 5.41) is 0. The molecule has 0 amide bonds. The third kappa shape index (κ3) is 34.2. The molecule has 0 aliphatic carbocycles. The Balaban J connectivity index is -0.0000000117. The number of rotatable bonds is 1. The van der Waals surface area contributed by atoms with Crippen LogP contribution in [0.3, 0.4) is 0 Å². The average Bonchev–Trinajstić information content (AvgIpc) is 1.62. The first-order valence-electron chi connectivity index (χ1n) is 3.11. The summed E-state index contributed by atoms with van der Waals surface area (Å²) in [6.07, 6.45) is 0.934. The second-order valence-electron chi connectivity index (χ2n) is 3.35. The van der Waals surface area contributed by atoms with Gasteiger partial charge in [-0.25, -0.2) is 6.42 Å². The maximum atomic E-state index is 3.97. The molecule has 0 spiro atoms. The molecule has 0 aromatic rings. The third-order valence-corrected chi connectivity index (χ3v) is 1.57. The fraction of sp³-hybridized carbons (Fsp3) is 0.750. The molecule has 0 saturated carbocycles. The van der Waals surface area contributed by atoms with Crippen LogP contribution in [0.25, 0.3) is 0 Å². The third-order valence-electron chi connectivity index (χ3n) is 1.57. The molecule has 0 heterocycles. The quantitative estimate of drug-likeness (QED) is 0.364. The van der Waals surface area contributed by atoms with Crippen molar-refractivity contribution < 1.29 is 229 Å². The van der Waals surface area contributed by atoms with Gasteiger partial charge in [0, 0.05) is 229 Å². The van der Waals surface area contributed by atoms with E-state index in [-0.39, 0.29) is 229 Å². The molecule has 15 heavy (non-hydrogen) atoms. The van der Waals surface area contributed by atoms with Crippen molar-refractivity contribution in [2.75, 3.05) is 0 Å². The van der Waals surface area contributed by atoms with E-state index in [2.05, 4.69) is 34.6 Å². The normalized spacial score (nSPS) is 8.60. The molecule has 7 heteroatoms. The molecule has 0 aliphatic heterocycles. The summed E-state index contributed by atoms with van der Waals surface area (Å²) in [6, 6.07) is 0. The predicted octanol–water partition coefficient (Wildman–Crippen LogP) is 2.69. The van der Waals surface area contributed by atoms with E-state index in [1.54, 1.807) is 0 Å². The minimum Gasteiger partial charge on any atom is -0.345 e. The van der Waals surface area contributed by atoms with Crippen LogP contribution in [0.5, 0.6) is 0 Å². The van der Waals surface area contributed by atoms with Gasteiger partial charge in [0.15, 0.2) is 0 Å². The van der Waals surface area contributed by atoms with E-state index in [0.717, 1.165) is 6.42 Å². The molecule has 0 aromatic heterocycles. The van der Waals surface area contributed by atoms with Crippen LogP contribution in [0.2, 0.25) is 0 Å². The van der Waals surface area contributed by atoms with E-state index in [4.69, 9.17) is 0 Å². The largest absolute Gasteiger partial charge is 0.345 e. The molecule has 0 aliphatic rings. The first-order chi connectivity index (χ1) is 3.48. The van der Waals surface area contributed by atoms with Crippen molar-refractivity contribution >= 4 is 0 Å². The van der Waals surface area contributed by atoms with Gasteiger partial charge < -0.3 is 13.8 Å². The molecule has 0 saturated heterocycles. The maximum absolute atomic E-state index is 3.97. The van der Waals surface area contributed by atoms with Crippen LogP contribution >= 0.6 is 0 Å². The van der Waals surface area contributed by atoms with E-state index >= 15 is 0 Å². The number of hydrogen-bond acceptors (Lipinski definition) is 0. The summed E-state index contributed by atoms with van der Waals surface area (Å²) in [4.78, 5) is 0. The van der Waals surface area contributed by atoms with Crippen LogP contribution in [0.15, 0.2) is 0 Å².